The lowest BCUT2D eigenvalue weighted by Gasteiger charge is -2.05. The van der Waals surface area contributed by atoms with E-state index in [0.717, 1.165) is 37.4 Å². The number of rotatable bonds is 11. The van der Waals surface area contributed by atoms with E-state index in [0.29, 0.717) is 5.96 Å². The Kier molecular flexibility index (Phi) is 13.2. The summed E-state index contributed by atoms with van der Waals surface area (Å²) in [6.45, 7) is 7.83. The highest BCUT2D eigenvalue weighted by molar-refractivity contribution is 14.0. The van der Waals surface area contributed by atoms with Crippen molar-refractivity contribution in [2.75, 3.05) is 13.1 Å². The fourth-order valence-corrected chi connectivity index (χ4v) is 2.49. The molecule has 0 atom stereocenters. The van der Waals surface area contributed by atoms with Crippen molar-refractivity contribution in [1.29, 1.82) is 0 Å². The third-order valence-corrected chi connectivity index (χ3v) is 3.88. The predicted molar refractivity (Wildman–Crippen MR) is 108 cm³/mol. The standard InChI is InChI=1S/C17H32N4O.HI/c1-4-5-6-7-8-9-12-19-17(18)20-13-10-11-16-14(2)21-22-15(16)3;/h4-13H2,1-3H3,(H3,18,19,20);1H. The van der Waals surface area contributed by atoms with Crippen molar-refractivity contribution in [3.63, 3.8) is 0 Å². The maximum Gasteiger partial charge on any atom is 0.188 e. The molecule has 0 aliphatic heterocycles. The van der Waals surface area contributed by atoms with E-state index in [1.54, 1.807) is 0 Å². The molecule has 23 heavy (non-hydrogen) atoms. The first-order chi connectivity index (χ1) is 10.6. The van der Waals surface area contributed by atoms with Crippen LogP contribution in [0.15, 0.2) is 9.52 Å². The summed E-state index contributed by atoms with van der Waals surface area (Å²) < 4.78 is 5.15. The van der Waals surface area contributed by atoms with E-state index in [9.17, 15) is 0 Å². The van der Waals surface area contributed by atoms with Crippen LogP contribution in [-0.2, 0) is 6.42 Å². The van der Waals surface area contributed by atoms with Crippen molar-refractivity contribution in [2.45, 2.75) is 72.1 Å². The van der Waals surface area contributed by atoms with Crippen LogP contribution in [0.5, 0.6) is 0 Å². The predicted octanol–water partition coefficient (Wildman–Crippen LogP) is 4.11. The molecule has 1 aromatic heterocycles. The molecule has 3 N–H and O–H groups in total. The minimum absolute atomic E-state index is 0. The van der Waals surface area contributed by atoms with E-state index in [2.05, 4.69) is 22.4 Å². The van der Waals surface area contributed by atoms with Crippen LogP contribution in [0.1, 0.15) is 68.9 Å². The van der Waals surface area contributed by atoms with Crippen LogP contribution in [0.25, 0.3) is 0 Å². The van der Waals surface area contributed by atoms with Crippen molar-refractivity contribution in [3.8, 4) is 0 Å². The number of hydrogen-bond acceptors (Lipinski definition) is 3. The Morgan fingerprint density at radius 1 is 1.13 bits per heavy atom. The minimum Gasteiger partial charge on any atom is -0.370 e. The van der Waals surface area contributed by atoms with Gasteiger partial charge in [0.25, 0.3) is 0 Å². The van der Waals surface area contributed by atoms with Crippen molar-refractivity contribution < 1.29 is 4.52 Å². The summed E-state index contributed by atoms with van der Waals surface area (Å²) in [6.07, 6.45) is 9.66. The van der Waals surface area contributed by atoms with Gasteiger partial charge in [0.05, 0.1) is 5.69 Å². The average Bonchev–Trinajstić information content (AvgIpc) is 2.82. The molecular formula is C17H33IN4O. The van der Waals surface area contributed by atoms with Gasteiger partial charge in [0, 0.05) is 18.7 Å². The summed E-state index contributed by atoms with van der Waals surface area (Å²) in [5, 5.41) is 7.15. The lowest BCUT2D eigenvalue weighted by molar-refractivity contribution is 0.392. The van der Waals surface area contributed by atoms with Crippen molar-refractivity contribution >= 4 is 29.9 Å². The molecule has 1 aromatic rings. The Balaban J connectivity index is 0.00000484. The maximum atomic E-state index is 5.86. The van der Waals surface area contributed by atoms with Gasteiger partial charge in [0.1, 0.15) is 5.76 Å². The molecule has 5 nitrogen and oxygen atoms in total. The normalized spacial score (nSPS) is 11.3. The highest BCUT2D eigenvalue weighted by Crippen LogP contribution is 2.14. The molecular weight excluding hydrogens is 403 g/mol. The molecule has 0 aromatic carbocycles. The molecule has 0 aliphatic carbocycles. The molecule has 1 heterocycles. The summed E-state index contributed by atoms with van der Waals surface area (Å²) in [5.74, 6) is 1.47. The number of nitrogens with zero attached hydrogens (tertiary/aromatic N) is 2. The van der Waals surface area contributed by atoms with E-state index in [4.69, 9.17) is 10.3 Å². The zero-order valence-electron chi connectivity index (χ0n) is 14.9. The molecule has 0 amide bonds. The molecule has 0 fully saturated rings. The van der Waals surface area contributed by atoms with Gasteiger partial charge in [-0.1, -0.05) is 44.2 Å². The smallest absolute Gasteiger partial charge is 0.188 e. The molecule has 0 saturated heterocycles. The molecule has 0 aliphatic rings. The lowest BCUT2D eigenvalue weighted by Crippen LogP contribution is -2.32. The third kappa shape index (κ3) is 9.84. The number of aliphatic imine (C=N–C) groups is 1. The zero-order chi connectivity index (χ0) is 16.2. The number of halogens is 1. The fourth-order valence-electron chi connectivity index (χ4n) is 2.49. The molecule has 0 unspecified atom stereocenters. The highest BCUT2D eigenvalue weighted by Gasteiger charge is 2.07. The Morgan fingerprint density at radius 3 is 2.48 bits per heavy atom. The zero-order valence-corrected chi connectivity index (χ0v) is 17.2. The molecule has 1 rings (SSSR count). The second-order valence-electron chi connectivity index (χ2n) is 5.87. The van der Waals surface area contributed by atoms with Gasteiger partial charge >= 0.3 is 0 Å². The minimum atomic E-state index is 0. The quantitative estimate of drug-likeness (QED) is 0.237. The van der Waals surface area contributed by atoms with Crippen LogP contribution < -0.4 is 11.1 Å². The number of guanidine groups is 1. The van der Waals surface area contributed by atoms with E-state index in [1.165, 1.54) is 44.1 Å². The Morgan fingerprint density at radius 2 is 1.83 bits per heavy atom. The van der Waals surface area contributed by atoms with Crippen LogP contribution in [-0.4, -0.2) is 24.2 Å². The summed E-state index contributed by atoms with van der Waals surface area (Å²) in [7, 11) is 0. The second kappa shape index (κ2) is 13.6. The van der Waals surface area contributed by atoms with Crippen LogP contribution in [0.3, 0.4) is 0 Å². The fraction of sp³-hybridized carbons (Fsp3) is 0.765. The van der Waals surface area contributed by atoms with Crippen LogP contribution >= 0.6 is 24.0 Å². The molecule has 6 heteroatoms. The van der Waals surface area contributed by atoms with E-state index in [1.807, 2.05) is 13.8 Å². The van der Waals surface area contributed by atoms with Gasteiger partial charge in [-0.15, -0.1) is 24.0 Å². The molecule has 134 valence electrons. The summed E-state index contributed by atoms with van der Waals surface area (Å²) in [5.41, 5.74) is 8.05. The Hall–Kier alpha value is -0.790. The summed E-state index contributed by atoms with van der Waals surface area (Å²) in [4.78, 5) is 4.36. The molecule has 0 spiro atoms. The number of hydrogen-bond donors (Lipinski definition) is 2. The molecule has 0 saturated carbocycles. The van der Waals surface area contributed by atoms with Gasteiger partial charge < -0.3 is 15.6 Å². The first kappa shape index (κ1) is 22.2. The monoisotopic (exact) mass is 436 g/mol. The van der Waals surface area contributed by atoms with Crippen molar-refractivity contribution in [1.82, 2.24) is 10.5 Å². The van der Waals surface area contributed by atoms with Gasteiger partial charge in [-0.2, -0.15) is 0 Å². The number of nitrogens with two attached hydrogens (primary N) is 1. The second-order valence-corrected chi connectivity index (χ2v) is 5.87. The topological polar surface area (TPSA) is 76.4 Å². The lowest BCUT2D eigenvalue weighted by atomic mass is 10.1. The first-order valence-corrected chi connectivity index (χ1v) is 8.60. The van der Waals surface area contributed by atoms with Gasteiger partial charge in [0.15, 0.2) is 5.96 Å². The van der Waals surface area contributed by atoms with Gasteiger partial charge in [-0.25, -0.2) is 0 Å². The summed E-state index contributed by atoms with van der Waals surface area (Å²) >= 11 is 0. The Labute approximate surface area is 157 Å². The van der Waals surface area contributed by atoms with Crippen LogP contribution in [0.2, 0.25) is 0 Å². The first-order valence-electron chi connectivity index (χ1n) is 8.60. The van der Waals surface area contributed by atoms with E-state index >= 15 is 0 Å². The summed E-state index contributed by atoms with van der Waals surface area (Å²) in [6, 6.07) is 0. The van der Waals surface area contributed by atoms with Gasteiger partial charge in [0.2, 0.25) is 0 Å². The SMILES string of the molecule is CCCCCCCCNC(N)=NCCCc1c(C)noc1C.I. The Bertz CT molecular complexity index is 426. The number of nitrogens with one attached hydrogen (secondary N) is 1. The molecule has 0 radical (unpaired) electrons. The highest BCUT2D eigenvalue weighted by atomic mass is 127. The van der Waals surface area contributed by atoms with E-state index < -0.39 is 0 Å². The third-order valence-electron chi connectivity index (χ3n) is 3.88. The van der Waals surface area contributed by atoms with Gasteiger partial charge in [-0.05, 0) is 33.1 Å². The largest absolute Gasteiger partial charge is 0.370 e. The van der Waals surface area contributed by atoms with Crippen molar-refractivity contribution in [2.24, 2.45) is 10.7 Å². The number of unbranched alkanes of at least 4 members (excludes halogenated alkanes) is 5. The average molecular weight is 436 g/mol. The van der Waals surface area contributed by atoms with Crippen molar-refractivity contribution in [3.05, 3.63) is 17.0 Å². The van der Waals surface area contributed by atoms with Crippen LogP contribution in [0.4, 0.5) is 0 Å². The van der Waals surface area contributed by atoms with Gasteiger partial charge in [-0.3, -0.25) is 4.99 Å². The van der Waals surface area contributed by atoms with E-state index in [-0.39, 0.29) is 24.0 Å². The molecule has 0 bridgehead atoms. The van der Waals surface area contributed by atoms with Crippen LogP contribution in [0, 0.1) is 13.8 Å². The number of aryl methyl sites for hydroxylation is 2. The maximum absolute atomic E-state index is 5.86. The number of aromatic nitrogens is 1.